The molecular formula is C7H8O2S. The van der Waals surface area contributed by atoms with Crippen molar-refractivity contribution in [2.45, 2.75) is 13.5 Å². The summed E-state index contributed by atoms with van der Waals surface area (Å²) in [7, 11) is 0. The maximum absolute atomic E-state index is 10.3. The van der Waals surface area contributed by atoms with E-state index >= 15 is 0 Å². The highest BCUT2D eigenvalue weighted by atomic mass is 32.1. The first-order valence-corrected chi connectivity index (χ1v) is 3.88. The van der Waals surface area contributed by atoms with E-state index in [1.54, 1.807) is 11.3 Å². The predicted octanol–water partition coefficient (Wildman–Crippen LogP) is 1.81. The van der Waals surface area contributed by atoms with Crippen LogP contribution in [0.25, 0.3) is 0 Å². The summed E-state index contributed by atoms with van der Waals surface area (Å²) in [5.41, 5.74) is 1.06. The second kappa shape index (κ2) is 3.37. The molecule has 3 heteroatoms. The number of ether oxygens (including phenoxy) is 1. The summed E-state index contributed by atoms with van der Waals surface area (Å²) in [4.78, 5) is 10.3. The fourth-order valence-electron chi connectivity index (χ4n) is 0.560. The van der Waals surface area contributed by atoms with E-state index in [-0.39, 0.29) is 5.97 Å². The van der Waals surface area contributed by atoms with Gasteiger partial charge in [0.15, 0.2) is 0 Å². The van der Waals surface area contributed by atoms with Crippen LogP contribution in [-0.2, 0) is 16.1 Å². The smallest absolute Gasteiger partial charge is 0.302 e. The van der Waals surface area contributed by atoms with Gasteiger partial charge in [0.25, 0.3) is 0 Å². The average Bonchev–Trinajstić information content (AvgIpc) is 2.34. The molecule has 10 heavy (non-hydrogen) atoms. The van der Waals surface area contributed by atoms with Gasteiger partial charge in [-0.2, -0.15) is 11.3 Å². The average molecular weight is 156 g/mol. The van der Waals surface area contributed by atoms with Crippen LogP contribution in [0.5, 0.6) is 0 Å². The van der Waals surface area contributed by atoms with Crippen molar-refractivity contribution < 1.29 is 9.53 Å². The normalized spacial score (nSPS) is 9.30. The van der Waals surface area contributed by atoms with E-state index in [0.29, 0.717) is 6.61 Å². The van der Waals surface area contributed by atoms with Gasteiger partial charge in [0, 0.05) is 12.5 Å². The van der Waals surface area contributed by atoms with E-state index in [2.05, 4.69) is 0 Å². The monoisotopic (exact) mass is 156 g/mol. The number of carbonyl (C=O) groups excluding carboxylic acids is 1. The molecule has 0 unspecified atom stereocenters. The van der Waals surface area contributed by atoms with Crippen LogP contribution in [0.1, 0.15) is 12.5 Å². The largest absolute Gasteiger partial charge is 0.461 e. The van der Waals surface area contributed by atoms with Crippen molar-refractivity contribution >= 4 is 17.3 Å². The SMILES string of the molecule is CC(=O)OCc1ccsc1. The fraction of sp³-hybridized carbons (Fsp3) is 0.286. The number of hydrogen-bond acceptors (Lipinski definition) is 3. The van der Waals surface area contributed by atoms with Gasteiger partial charge in [-0.1, -0.05) is 0 Å². The van der Waals surface area contributed by atoms with Crippen LogP contribution in [0.3, 0.4) is 0 Å². The highest BCUT2D eigenvalue weighted by Crippen LogP contribution is 2.06. The first-order valence-electron chi connectivity index (χ1n) is 2.93. The highest BCUT2D eigenvalue weighted by Gasteiger charge is 1.94. The van der Waals surface area contributed by atoms with Crippen molar-refractivity contribution in [2.75, 3.05) is 0 Å². The number of carbonyl (C=O) groups is 1. The number of thiophene rings is 1. The minimum Gasteiger partial charge on any atom is -0.461 e. The summed E-state index contributed by atoms with van der Waals surface area (Å²) in [5, 5.41) is 3.92. The molecule has 0 atom stereocenters. The van der Waals surface area contributed by atoms with E-state index in [0.717, 1.165) is 5.56 Å². The molecule has 1 rings (SSSR count). The summed E-state index contributed by atoms with van der Waals surface area (Å²) in [5.74, 6) is -0.230. The van der Waals surface area contributed by atoms with Crippen LogP contribution < -0.4 is 0 Å². The Balaban J connectivity index is 2.35. The molecule has 54 valence electrons. The zero-order valence-electron chi connectivity index (χ0n) is 5.66. The summed E-state index contributed by atoms with van der Waals surface area (Å²) in [6.45, 7) is 1.81. The van der Waals surface area contributed by atoms with Gasteiger partial charge in [-0.25, -0.2) is 0 Å². The van der Waals surface area contributed by atoms with E-state index < -0.39 is 0 Å². The molecule has 1 heterocycles. The summed E-state index contributed by atoms with van der Waals surface area (Å²) >= 11 is 1.60. The lowest BCUT2D eigenvalue weighted by molar-refractivity contribution is -0.142. The highest BCUT2D eigenvalue weighted by molar-refractivity contribution is 7.07. The summed E-state index contributed by atoms with van der Waals surface area (Å²) in [6.07, 6.45) is 0. The Kier molecular flexibility index (Phi) is 2.45. The van der Waals surface area contributed by atoms with Crippen LogP contribution in [0.4, 0.5) is 0 Å². The Bertz CT molecular complexity index is 203. The van der Waals surface area contributed by atoms with Crippen LogP contribution in [0, 0.1) is 0 Å². The quantitative estimate of drug-likeness (QED) is 0.610. The van der Waals surface area contributed by atoms with Crippen molar-refractivity contribution in [1.82, 2.24) is 0 Å². The topological polar surface area (TPSA) is 26.3 Å². The van der Waals surface area contributed by atoms with Gasteiger partial charge in [-0.05, 0) is 16.8 Å². The molecule has 0 amide bonds. The minimum absolute atomic E-state index is 0.230. The molecule has 1 aromatic rings. The number of rotatable bonds is 2. The number of esters is 1. The Hall–Kier alpha value is -0.830. The molecule has 0 bridgehead atoms. The molecule has 0 aromatic carbocycles. The molecule has 0 saturated carbocycles. The molecule has 0 N–H and O–H groups in total. The van der Waals surface area contributed by atoms with Gasteiger partial charge in [-0.15, -0.1) is 0 Å². The molecule has 0 fully saturated rings. The third kappa shape index (κ3) is 2.19. The molecule has 0 spiro atoms. The molecule has 0 aliphatic rings. The summed E-state index contributed by atoms with van der Waals surface area (Å²) in [6, 6.07) is 1.94. The Morgan fingerprint density at radius 3 is 3.10 bits per heavy atom. The lowest BCUT2D eigenvalue weighted by Gasteiger charge is -1.96. The van der Waals surface area contributed by atoms with E-state index in [1.165, 1.54) is 6.92 Å². The Labute approximate surface area is 63.4 Å². The van der Waals surface area contributed by atoms with Crippen LogP contribution in [-0.4, -0.2) is 5.97 Å². The predicted molar refractivity (Wildman–Crippen MR) is 39.8 cm³/mol. The first-order chi connectivity index (χ1) is 4.79. The lowest BCUT2D eigenvalue weighted by Crippen LogP contribution is -1.97. The van der Waals surface area contributed by atoms with Gasteiger partial charge in [0.2, 0.25) is 0 Å². The zero-order valence-corrected chi connectivity index (χ0v) is 6.48. The van der Waals surface area contributed by atoms with Crippen LogP contribution in [0.2, 0.25) is 0 Å². The molecule has 2 nitrogen and oxygen atoms in total. The lowest BCUT2D eigenvalue weighted by atomic mass is 10.4. The van der Waals surface area contributed by atoms with Gasteiger partial charge in [0.1, 0.15) is 6.61 Å². The van der Waals surface area contributed by atoms with Crippen LogP contribution in [0.15, 0.2) is 16.8 Å². The third-order valence-electron chi connectivity index (χ3n) is 1.02. The van der Waals surface area contributed by atoms with Crippen molar-refractivity contribution in [3.8, 4) is 0 Å². The van der Waals surface area contributed by atoms with E-state index in [9.17, 15) is 4.79 Å². The second-order valence-corrected chi connectivity index (χ2v) is 2.69. The van der Waals surface area contributed by atoms with E-state index in [4.69, 9.17) is 4.74 Å². The molecule has 1 aromatic heterocycles. The van der Waals surface area contributed by atoms with Gasteiger partial charge >= 0.3 is 5.97 Å². The molecule has 0 aliphatic carbocycles. The second-order valence-electron chi connectivity index (χ2n) is 1.91. The Morgan fingerprint density at radius 1 is 1.80 bits per heavy atom. The maximum Gasteiger partial charge on any atom is 0.302 e. The van der Waals surface area contributed by atoms with Crippen molar-refractivity contribution in [2.24, 2.45) is 0 Å². The van der Waals surface area contributed by atoms with Gasteiger partial charge < -0.3 is 4.74 Å². The first kappa shape index (κ1) is 7.28. The standard InChI is InChI=1S/C7H8O2S/c1-6(8)9-4-7-2-3-10-5-7/h2-3,5H,4H2,1H3. The van der Waals surface area contributed by atoms with Crippen molar-refractivity contribution in [1.29, 1.82) is 0 Å². The Morgan fingerprint density at radius 2 is 2.60 bits per heavy atom. The zero-order chi connectivity index (χ0) is 7.40. The summed E-state index contributed by atoms with van der Waals surface area (Å²) < 4.78 is 4.75. The molecule has 0 saturated heterocycles. The van der Waals surface area contributed by atoms with Gasteiger partial charge in [0.05, 0.1) is 0 Å². The van der Waals surface area contributed by atoms with Crippen molar-refractivity contribution in [3.05, 3.63) is 22.4 Å². The minimum atomic E-state index is -0.230. The third-order valence-corrected chi connectivity index (χ3v) is 1.75. The molecule has 0 aliphatic heterocycles. The molecular weight excluding hydrogens is 148 g/mol. The van der Waals surface area contributed by atoms with Gasteiger partial charge in [-0.3, -0.25) is 4.79 Å². The maximum atomic E-state index is 10.3. The fourth-order valence-corrected chi connectivity index (χ4v) is 1.21. The van der Waals surface area contributed by atoms with Crippen molar-refractivity contribution in [3.63, 3.8) is 0 Å². The molecule has 0 radical (unpaired) electrons. The van der Waals surface area contributed by atoms with Crippen LogP contribution >= 0.6 is 11.3 Å². The number of hydrogen-bond donors (Lipinski definition) is 0. The van der Waals surface area contributed by atoms with E-state index in [1.807, 2.05) is 16.8 Å².